The summed E-state index contributed by atoms with van der Waals surface area (Å²) in [6.45, 7) is 4.65. The van der Waals surface area contributed by atoms with Gasteiger partial charge < -0.3 is 10.6 Å². The van der Waals surface area contributed by atoms with Gasteiger partial charge in [0.2, 0.25) is 0 Å². The molecule has 0 spiro atoms. The number of H-pyrrole nitrogens is 1. The highest BCUT2D eigenvalue weighted by atomic mass is 35.5. The zero-order chi connectivity index (χ0) is 14.3. The molecule has 0 bridgehead atoms. The molecule has 1 aromatic carbocycles. The van der Waals surface area contributed by atoms with E-state index in [4.69, 9.17) is 17.3 Å². The van der Waals surface area contributed by atoms with Gasteiger partial charge in [0.25, 0.3) is 0 Å². The third-order valence-corrected chi connectivity index (χ3v) is 3.86. The van der Waals surface area contributed by atoms with Gasteiger partial charge in [-0.05, 0) is 38.1 Å². The molecular weight excluding hydrogens is 274 g/mol. The third-order valence-electron chi connectivity index (χ3n) is 3.61. The Bertz CT molecular complexity index is 639. The highest BCUT2D eigenvalue weighted by Crippen LogP contribution is 2.34. The Morgan fingerprint density at radius 1 is 1.30 bits per heavy atom. The number of rotatable bonds is 2. The van der Waals surface area contributed by atoms with Crippen LogP contribution in [-0.4, -0.2) is 22.7 Å². The van der Waals surface area contributed by atoms with Crippen LogP contribution < -0.4 is 10.6 Å². The van der Waals surface area contributed by atoms with Crippen molar-refractivity contribution in [3.05, 3.63) is 46.2 Å². The van der Waals surface area contributed by atoms with Crippen molar-refractivity contribution in [3.63, 3.8) is 0 Å². The number of hydrogen-bond acceptors (Lipinski definition) is 4. The SMILES string of the molecule is Cc1n[nH]c(C)c1C1CN=C(N)N1c1ccc(Cl)cc1. The van der Waals surface area contributed by atoms with E-state index in [1.807, 2.05) is 43.0 Å². The van der Waals surface area contributed by atoms with Crippen LogP contribution >= 0.6 is 11.6 Å². The maximum absolute atomic E-state index is 6.06. The van der Waals surface area contributed by atoms with E-state index in [1.165, 1.54) is 0 Å². The fourth-order valence-electron chi connectivity index (χ4n) is 2.68. The zero-order valence-electron chi connectivity index (χ0n) is 11.4. The minimum Gasteiger partial charge on any atom is -0.369 e. The Labute approximate surface area is 122 Å². The minimum atomic E-state index is 0.0786. The van der Waals surface area contributed by atoms with Crippen LogP contribution in [0.5, 0.6) is 0 Å². The first-order valence-corrected chi connectivity index (χ1v) is 6.82. The number of guanidine groups is 1. The number of benzene rings is 1. The molecule has 0 amide bonds. The summed E-state index contributed by atoms with van der Waals surface area (Å²) in [6, 6.07) is 7.69. The van der Waals surface area contributed by atoms with Crippen LogP contribution in [0.2, 0.25) is 5.02 Å². The zero-order valence-corrected chi connectivity index (χ0v) is 12.1. The van der Waals surface area contributed by atoms with Gasteiger partial charge in [-0.25, -0.2) is 0 Å². The van der Waals surface area contributed by atoms with Crippen LogP contribution in [0.25, 0.3) is 0 Å². The summed E-state index contributed by atoms with van der Waals surface area (Å²) in [4.78, 5) is 6.41. The molecular formula is C14H16ClN5. The number of aromatic nitrogens is 2. The predicted molar refractivity (Wildman–Crippen MR) is 81.2 cm³/mol. The van der Waals surface area contributed by atoms with Crippen LogP contribution in [-0.2, 0) is 0 Å². The van der Waals surface area contributed by atoms with E-state index in [9.17, 15) is 0 Å². The van der Waals surface area contributed by atoms with Crippen molar-refractivity contribution in [1.82, 2.24) is 10.2 Å². The van der Waals surface area contributed by atoms with Gasteiger partial charge in [0.05, 0.1) is 18.3 Å². The smallest absolute Gasteiger partial charge is 0.196 e. The van der Waals surface area contributed by atoms with Gasteiger partial charge in [-0.3, -0.25) is 10.1 Å². The molecule has 0 radical (unpaired) electrons. The number of aromatic amines is 1. The maximum Gasteiger partial charge on any atom is 0.196 e. The average molecular weight is 290 g/mol. The maximum atomic E-state index is 6.06. The molecule has 0 saturated heterocycles. The number of hydrogen-bond donors (Lipinski definition) is 2. The molecule has 1 aliphatic rings. The van der Waals surface area contributed by atoms with Gasteiger partial charge >= 0.3 is 0 Å². The molecule has 1 atom stereocenters. The Hall–Kier alpha value is -2.01. The van der Waals surface area contributed by atoms with E-state index in [0.717, 1.165) is 22.6 Å². The second kappa shape index (κ2) is 4.83. The highest BCUT2D eigenvalue weighted by Gasteiger charge is 2.32. The van der Waals surface area contributed by atoms with E-state index in [-0.39, 0.29) is 6.04 Å². The van der Waals surface area contributed by atoms with Crippen LogP contribution in [0.3, 0.4) is 0 Å². The number of anilines is 1. The van der Waals surface area contributed by atoms with Gasteiger partial charge in [0.1, 0.15) is 0 Å². The molecule has 1 aliphatic heterocycles. The van der Waals surface area contributed by atoms with Crippen molar-refractivity contribution in [3.8, 4) is 0 Å². The molecule has 3 N–H and O–H groups in total. The lowest BCUT2D eigenvalue weighted by molar-refractivity contribution is 0.757. The van der Waals surface area contributed by atoms with E-state index in [1.54, 1.807) is 0 Å². The molecule has 20 heavy (non-hydrogen) atoms. The number of aryl methyl sites for hydroxylation is 2. The van der Waals surface area contributed by atoms with Crippen molar-refractivity contribution in [1.29, 1.82) is 0 Å². The van der Waals surface area contributed by atoms with Gasteiger partial charge in [-0.2, -0.15) is 5.10 Å². The van der Waals surface area contributed by atoms with Crippen LogP contribution in [0.1, 0.15) is 23.0 Å². The Balaban J connectivity index is 2.03. The number of nitrogens with two attached hydrogens (primary N) is 1. The van der Waals surface area contributed by atoms with Crippen molar-refractivity contribution in [2.24, 2.45) is 10.7 Å². The van der Waals surface area contributed by atoms with Crippen molar-refractivity contribution in [2.45, 2.75) is 19.9 Å². The molecule has 104 valence electrons. The summed E-state index contributed by atoms with van der Waals surface area (Å²) in [5, 5.41) is 7.99. The summed E-state index contributed by atoms with van der Waals surface area (Å²) in [7, 11) is 0. The lowest BCUT2D eigenvalue weighted by Gasteiger charge is -2.26. The number of halogens is 1. The quantitative estimate of drug-likeness (QED) is 0.892. The molecule has 1 unspecified atom stereocenters. The lowest BCUT2D eigenvalue weighted by atomic mass is 10.0. The average Bonchev–Trinajstić information content (AvgIpc) is 2.94. The topological polar surface area (TPSA) is 70.3 Å². The molecule has 6 heteroatoms. The molecule has 0 saturated carbocycles. The van der Waals surface area contributed by atoms with Crippen molar-refractivity contribution in [2.75, 3.05) is 11.4 Å². The molecule has 5 nitrogen and oxygen atoms in total. The second-order valence-electron chi connectivity index (χ2n) is 4.91. The molecule has 2 aromatic rings. The van der Waals surface area contributed by atoms with Gasteiger partial charge in [-0.1, -0.05) is 11.6 Å². The fraction of sp³-hybridized carbons (Fsp3) is 0.286. The first kappa shape index (κ1) is 13.0. The first-order valence-electron chi connectivity index (χ1n) is 6.44. The summed E-state index contributed by atoms with van der Waals surface area (Å²) < 4.78 is 0. The monoisotopic (exact) mass is 289 g/mol. The predicted octanol–water partition coefficient (Wildman–Crippen LogP) is 2.56. The Morgan fingerprint density at radius 3 is 2.60 bits per heavy atom. The van der Waals surface area contributed by atoms with Crippen LogP contribution in [0.15, 0.2) is 29.3 Å². The highest BCUT2D eigenvalue weighted by molar-refractivity contribution is 6.30. The summed E-state index contributed by atoms with van der Waals surface area (Å²) in [6.07, 6.45) is 0. The van der Waals surface area contributed by atoms with E-state index >= 15 is 0 Å². The van der Waals surface area contributed by atoms with Crippen LogP contribution in [0.4, 0.5) is 5.69 Å². The van der Waals surface area contributed by atoms with E-state index < -0.39 is 0 Å². The van der Waals surface area contributed by atoms with Crippen molar-refractivity contribution >= 4 is 23.2 Å². The second-order valence-corrected chi connectivity index (χ2v) is 5.35. The van der Waals surface area contributed by atoms with E-state index in [0.29, 0.717) is 17.5 Å². The van der Waals surface area contributed by atoms with Crippen molar-refractivity contribution < 1.29 is 0 Å². The summed E-state index contributed by atoms with van der Waals surface area (Å²) >= 11 is 5.95. The molecule has 3 rings (SSSR count). The summed E-state index contributed by atoms with van der Waals surface area (Å²) in [5.41, 5.74) is 10.2. The standard InChI is InChI=1S/C14H16ClN5/c1-8-13(9(2)19-18-8)12-7-17-14(16)20(12)11-5-3-10(15)4-6-11/h3-6,12H,7H2,1-2H3,(H2,16,17)(H,18,19). The minimum absolute atomic E-state index is 0.0786. The number of nitrogens with zero attached hydrogens (tertiary/aromatic N) is 3. The molecule has 0 aliphatic carbocycles. The molecule has 2 heterocycles. The largest absolute Gasteiger partial charge is 0.369 e. The van der Waals surface area contributed by atoms with E-state index in [2.05, 4.69) is 15.2 Å². The Morgan fingerprint density at radius 2 is 2.00 bits per heavy atom. The van der Waals surface area contributed by atoms with Gasteiger partial charge in [-0.15, -0.1) is 0 Å². The third kappa shape index (κ3) is 2.04. The normalized spacial score (nSPS) is 18.4. The van der Waals surface area contributed by atoms with Crippen LogP contribution in [0, 0.1) is 13.8 Å². The van der Waals surface area contributed by atoms with Gasteiger partial charge in [0, 0.05) is 22.0 Å². The molecule has 0 fully saturated rings. The first-order chi connectivity index (χ1) is 9.58. The Kier molecular flexibility index (Phi) is 3.14. The lowest BCUT2D eigenvalue weighted by Crippen LogP contribution is -2.36. The summed E-state index contributed by atoms with van der Waals surface area (Å²) in [5.74, 6) is 0.525. The van der Waals surface area contributed by atoms with Gasteiger partial charge in [0.15, 0.2) is 5.96 Å². The molecule has 1 aromatic heterocycles. The number of aliphatic imine (C=N–C) groups is 1. The number of nitrogens with one attached hydrogen (secondary N) is 1. The fourth-order valence-corrected chi connectivity index (χ4v) is 2.81.